The summed E-state index contributed by atoms with van der Waals surface area (Å²) in [7, 11) is 6.27. The van der Waals surface area contributed by atoms with Gasteiger partial charge in [-0.25, -0.2) is 4.79 Å². The summed E-state index contributed by atoms with van der Waals surface area (Å²) in [5.74, 6) is -5.29. The molecule has 20 heteroatoms. The first-order valence-electron chi connectivity index (χ1n) is 24.2. The van der Waals surface area contributed by atoms with Gasteiger partial charge in [0.1, 0.15) is 34.4 Å². The van der Waals surface area contributed by atoms with Crippen LogP contribution in [0.25, 0.3) is 0 Å². The van der Waals surface area contributed by atoms with Gasteiger partial charge in [0, 0.05) is 107 Å². The van der Waals surface area contributed by atoms with E-state index in [1.54, 1.807) is 57.9 Å². The number of phenols is 2. The second-order valence-electron chi connectivity index (χ2n) is 20.4. The van der Waals surface area contributed by atoms with Crippen molar-refractivity contribution in [3.63, 3.8) is 0 Å². The third-order valence-corrected chi connectivity index (χ3v) is 17.0. The lowest BCUT2D eigenvalue weighted by Gasteiger charge is -2.70. The van der Waals surface area contributed by atoms with Gasteiger partial charge in [-0.2, -0.15) is 0 Å². The number of likely N-dealkylation sites (tertiary alicyclic amines) is 1. The van der Waals surface area contributed by atoms with Gasteiger partial charge < -0.3 is 70.5 Å². The molecular formula is C52H70N4O15S. The van der Waals surface area contributed by atoms with E-state index in [2.05, 4.69) is 9.88 Å². The van der Waals surface area contributed by atoms with Crippen molar-refractivity contribution in [1.82, 2.24) is 9.88 Å². The van der Waals surface area contributed by atoms with Gasteiger partial charge in [-0.15, -0.1) is 0 Å². The quantitative estimate of drug-likeness (QED) is 0.0653. The first-order valence-corrected chi connectivity index (χ1v) is 24.6. The van der Waals surface area contributed by atoms with Crippen LogP contribution in [0.5, 0.6) is 11.5 Å². The summed E-state index contributed by atoms with van der Waals surface area (Å²) in [5, 5.41) is 64.3. The molecule has 6 fully saturated rings. The van der Waals surface area contributed by atoms with Crippen LogP contribution in [-0.2, 0) is 50.9 Å². The fourth-order valence-corrected chi connectivity index (χ4v) is 14.4. The monoisotopic (exact) mass is 1020 g/mol. The van der Waals surface area contributed by atoms with Crippen LogP contribution >= 0.6 is 12.2 Å². The zero-order chi connectivity index (χ0) is 52.9. The summed E-state index contributed by atoms with van der Waals surface area (Å²) in [6.07, 6.45) is -2.77. The van der Waals surface area contributed by atoms with E-state index in [4.69, 9.17) is 62.3 Å². The van der Waals surface area contributed by atoms with E-state index in [-0.39, 0.29) is 42.9 Å². The predicted octanol–water partition coefficient (Wildman–Crippen LogP) is 2.37. The third kappa shape index (κ3) is 8.63. The van der Waals surface area contributed by atoms with Gasteiger partial charge in [-0.3, -0.25) is 19.5 Å². The average molecular weight is 1020 g/mol. The summed E-state index contributed by atoms with van der Waals surface area (Å²) in [4.78, 5) is 44.6. The van der Waals surface area contributed by atoms with Gasteiger partial charge in [0.15, 0.2) is 17.1 Å². The lowest BCUT2D eigenvalue weighted by Crippen LogP contribution is -2.81. The summed E-state index contributed by atoms with van der Waals surface area (Å²) in [6.45, 7) is 8.11. The molecule has 0 amide bonds. The number of aromatic nitrogens is 1. The normalized spacial score (nSPS) is 36.4. The topological polar surface area (TPSA) is 296 Å². The van der Waals surface area contributed by atoms with Gasteiger partial charge >= 0.3 is 17.9 Å². The maximum atomic E-state index is 13.8. The Kier molecular flexibility index (Phi) is 15.9. The molecular weight excluding hydrogens is 953 g/mol. The Balaban J connectivity index is 0.000000238. The summed E-state index contributed by atoms with van der Waals surface area (Å²) in [6, 6.07) is 16.0. The number of pyridine rings is 1. The zero-order valence-corrected chi connectivity index (χ0v) is 42.8. The van der Waals surface area contributed by atoms with E-state index in [1.807, 2.05) is 26.0 Å². The number of hydrogen-bond acceptors (Lipinski definition) is 18. The molecule has 2 heterocycles. The minimum Gasteiger partial charge on any atom is -0.504 e. The molecule has 5 aliphatic carbocycles. The Hall–Kier alpha value is -4.87. The number of aliphatic carboxylic acids is 1. The second-order valence-corrected chi connectivity index (χ2v) is 20.8. The molecule has 7 bridgehead atoms. The molecule has 9 rings (SSSR count). The van der Waals surface area contributed by atoms with Crippen LogP contribution in [0.15, 0.2) is 66.9 Å². The molecule has 1 aromatic heterocycles. The van der Waals surface area contributed by atoms with Crippen molar-refractivity contribution >= 4 is 35.1 Å². The number of nitrogens with two attached hydrogens (primary N) is 2. The smallest absolute Gasteiger partial charge is 0.338 e. The van der Waals surface area contributed by atoms with E-state index < -0.39 is 99.9 Å². The number of carboxylic acid groups (broad SMARTS) is 1. The maximum Gasteiger partial charge on any atom is 0.338 e. The van der Waals surface area contributed by atoms with Gasteiger partial charge in [-0.05, 0) is 74.2 Å². The van der Waals surface area contributed by atoms with E-state index in [1.165, 1.54) is 39.2 Å². The molecule has 6 aliphatic rings. The molecule has 1 aliphatic heterocycles. The molecule has 1 unspecified atom stereocenters. The number of hydrogen-bond donors (Lipinski definition) is 8. The molecule has 0 radical (unpaired) electrons. The van der Waals surface area contributed by atoms with E-state index in [0.29, 0.717) is 35.6 Å². The van der Waals surface area contributed by atoms with Crippen LogP contribution in [0, 0.1) is 34.5 Å². The van der Waals surface area contributed by atoms with Crippen molar-refractivity contribution in [2.45, 2.75) is 113 Å². The summed E-state index contributed by atoms with van der Waals surface area (Å²) < 4.78 is 37.4. The first kappa shape index (κ1) is 54.9. The SMILES string of the molecule is CCN1C[C@]2(COC)[C@H](O)C[C@H](OC)[C@]34C1[C@H]([C@H](OC)[C@H]23)[C@]1(OC(C)=O)[C@H]2[C@@H](OC(=O)c3ccccc3)[C@](O)(C[C@H]24)[C@@H](OC)[C@@H]1O.CCc1cc(C(N)=S)ccn1.C[C@](N)(Cc1ccc(O)c(O)c1)C(=O)O. The van der Waals surface area contributed by atoms with Crippen molar-refractivity contribution in [2.24, 2.45) is 46.0 Å². The fourth-order valence-electron chi connectivity index (χ4n) is 14.3. The van der Waals surface area contributed by atoms with E-state index >= 15 is 0 Å². The van der Waals surface area contributed by atoms with Crippen LogP contribution in [0.2, 0.25) is 0 Å². The number of methoxy groups -OCH3 is 4. The number of ether oxygens (including phenoxy) is 6. The lowest BCUT2D eigenvalue weighted by molar-refractivity contribution is -0.322. The molecule has 16 atom stereocenters. The van der Waals surface area contributed by atoms with Gasteiger partial charge in [0.25, 0.3) is 0 Å². The molecule has 394 valence electrons. The van der Waals surface area contributed by atoms with Crippen LogP contribution in [0.1, 0.15) is 67.7 Å². The maximum absolute atomic E-state index is 13.8. The highest BCUT2D eigenvalue weighted by Gasteiger charge is 2.92. The summed E-state index contributed by atoms with van der Waals surface area (Å²) in [5.41, 5.74) is 7.28. The van der Waals surface area contributed by atoms with Crippen molar-refractivity contribution in [3.05, 3.63) is 89.2 Å². The van der Waals surface area contributed by atoms with Crippen LogP contribution in [0.4, 0.5) is 0 Å². The number of piperidine rings is 1. The highest BCUT2D eigenvalue weighted by atomic mass is 32.1. The standard InChI is InChI=1S/C34H47NO11.C10H13NO4.C8H10N2S/c1-7-35-15-31(16-41-3)20(37)13-21(42-4)33-19-14-32(40)28(45-30(39)18-11-9-8-10-12-18)22(19)34(46-17(2)36,27(38)29(32)44-6)23(26(33)35)24(43-5)25(31)33;1-10(11,9(14)15)5-6-2-3-7(12)8(13)4-6;1-2-7-5-6(8(9)11)3-4-10-7/h8-12,19-29,37-38,40H,7,13-16H2,1-6H3;2-4,12-13H,5,11H2,1H3,(H,14,15);3-5H,2H2,1H3,(H2,9,11)/t19-,20-,21+,22-,23+,24+,25-,26?,27+,28-,29+,31+,32-,33+,34-;10-;/m10./s1. The number of aliphatic hydroxyl groups is 3. The second kappa shape index (κ2) is 20.8. The predicted molar refractivity (Wildman–Crippen MR) is 264 cm³/mol. The Bertz CT molecular complexity index is 2490. The minimum absolute atomic E-state index is 0.0791. The number of benzene rings is 2. The van der Waals surface area contributed by atoms with Crippen LogP contribution < -0.4 is 11.5 Å². The Labute approximate surface area is 424 Å². The van der Waals surface area contributed by atoms with Crippen molar-refractivity contribution in [3.8, 4) is 11.5 Å². The Morgan fingerprint density at radius 1 is 0.931 bits per heavy atom. The van der Waals surface area contributed by atoms with Crippen molar-refractivity contribution < 1.29 is 73.4 Å². The van der Waals surface area contributed by atoms with Crippen LogP contribution in [-0.4, -0.2) is 171 Å². The number of thiocarbonyl (C=S) groups is 1. The molecule has 5 saturated carbocycles. The minimum atomic E-state index is -1.83. The van der Waals surface area contributed by atoms with Crippen LogP contribution in [0.3, 0.4) is 0 Å². The van der Waals surface area contributed by atoms with E-state index in [0.717, 1.165) is 17.7 Å². The van der Waals surface area contributed by atoms with Gasteiger partial charge in [0.2, 0.25) is 0 Å². The summed E-state index contributed by atoms with van der Waals surface area (Å²) >= 11 is 4.82. The molecule has 10 N–H and O–H groups in total. The number of carbonyl (C=O) groups is 3. The number of nitrogens with zero attached hydrogens (tertiary/aromatic N) is 2. The Morgan fingerprint density at radius 3 is 2.18 bits per heavy atom. The number of phenolic OH excluding ortho intramolecular Hbond substituents is 2. The Morgan fingerprint density at radius 2 is 1.62 bits per heavy atom. The molecule has 72 heavy (non-hydrogen) atoms. The van der Waals surface area contributed by atoms with Gasteiger partial charge in [-0.1, -0.05) is 50.3 Å². The number of esters is 2. The molecule has 3 aromatic rings. The number of carboxylic acids is 1. The number of aromatic hydroxyl groups is 2. The fraction of sp³-hybridized carbons (Fsp3) is 0.596. The molecule has 1 saturated heterocycles. The van der Waals surface area contributed by atoms with E-state index in [9.17, 15) is 34.8 Å². The van der Waals surface area contributed by atoms with Crippen molar-refractivity contribution in [1.29, 1.82) is 0 Å². The molecule has 19 nitrogen and oxygen atoms in total. The number of rotatable bonds is 14. The highest BCUT2D eigenvalue weighted by Crippen LogP contribution is 2.80. The largest absolute Gasteiger partial charge is 0.504 e. The average Bonchev–Trinajstić information content (AvgIpc) is 3.73. The number of carbonyl (C=O) groups excluding carboxylic acids is 2. The molecule has 2 aromatic carbocycles. The zero-order valence-electron chi connectivity index (χ0n) is 42.0. The molecule has 1 spiro atoms. The lowest BCUT2D eigenvalue weighted by atomic mass is 9.42. The van der Waals surface area contributed by atoms with Gasteiger partial charge in [0.05, 0.1) is 30.5 Å². The number of aliphatic hydroxyl groups excluding tert-OH is 2. The first-order chi connectivity index (χ1) is 34.0. The number of aryl methyl sites for hydroxylation is 1. The highest BCUT2D eigenvalue weighted by molar-refractivity contribution is 7.80. The third-order valence-electron chi connectivity index (χ3n) is 16.7. The van der Waals surface area contributed by atoms with Crippen molar-refractivity contribution in [2.75, 3.05) is 48.1 Å². The number of fused-ring (bicyclic) bond motifs is 2.